The first-order chi connectivity index (χ1) is 15.6. The molecule has 0 aliphatic heterocycles. The first kappa shape index (κ1) is 20.0. The van der Waals surface area contributed by atoms with Crippen LogP contribution in [0.4, 0.5) is 8.78 Å². The summed E-state index contributed by atoms with van der Waals surface area (Å²) >= 11 is 0. The SMILES string of the molecule is COc1ncc(-c2cc([C@H]3C[C@@H]3c3ccc(OC(F)F)cn3)c3nccn3n2)c(OC)n1. The summed E-state index contributed by atoms with van der Waals surface area (Å²) in [5.41, 5.74) is 3.80. The van der Waals surface area contributed by atoms with E-state index in [4.69, 9.17) is 9.47 Å². The number of hydrogen-bond acceptors (Lipinski definition) is 8. The van der Waals surface area contributed by atoms with Crippen LogP contribution in [-0.4, -0.2) is 50.4 Å². The van der Waals surface area contributed by atoms with E-state index in [2.05, 4.69) is 29.8 Å². The number of fused-ring (bicyclic) bond motifs is 1. The zero-order chi connectivity index (χ0) is 22.2. The van der Waals surface area contributed by atoms with E-state index in [1.807, 2.05) is 6.07 Å². The molecule has 4 aromatic rings. The lowest BCUT2D eigenvalue weighted by atomic mass is 10.1. The number of aromatic nitrogens is 6. The molecule has 0 spiro atoms. The minimum absolute atomic E-state index is 0.0365. The van der Waals surface area contributed by atoms with E-state index in [1.54, 1.807) is 29.2 Å². The molecule has 1 aliphatic rings. The molecular weight excluding hydrogens is 422 g/mol. The number of nitrogens with zero attached hydrogens (tertiary/aromatic N) is 6. The molecule has 1 fully saturated rings. The van der Waals surface area contributed by atoms with Crippen LogP contribution in [0.5, 0.6) is 17.6 Å². The number of imidazole rings is 1. The largest absolute Gasteiger partial charge is 0.480 e. The molecule has 1 aliphatic carbocycles. The maximum atomic E-state index is 12.4. The van der Waals surface area contributed by atoms with E-state index in [0.717, 1.165) is 23.3 Å². The van der Waals surface area contributed by atoms with E-state index in [-0.39, 0.29) is 23.6 Å². The van der Waals surface area contributed by atoms with Crippen molar-refractivity contribution in [2.45, 2.75) is 24.9 Å². The number of halogens is 2. The summed E-state index contributed by atoms with van der Waals surface area (Å²) in [5, 5.41) is 4.63. The fraction of sp³-hybridized carbons (Fsp3) is 0.286. The molecule has 0 amide bonds. The fourth-order valence-corrected chi connectivity index (χ4v) is 3.78. The van der Waals surface area contributed by atoms with Gasteiger partial charge in [-0.3, -0.25) is 4.98 Å². The summed E-state index contributed by atoms with van der Waals surface area (Å²) in [6.45, 7) is -2.88. The second-order valence-corrected chi connectivity index (χ2v) is 7.21. The second kappa shape index (κ2) is 7.98. The van der Waals surface area contributed by atoms with Crippen LogP contribution < -0.4 is 14.2 Å². The molecule has 0 unspecified atom stereocenters. The molecule has 0 saturated heterocycles. The summed E-state index contributed by atoms with van der Waals surface area (Å²) in [4.78, 5) is 17.2. The second-order valence-electron chi connectivity index (χ2n) is 7.21. The Morgan fingerprint density at radius 1 is 1.06 bits per heavy atom. The van der Waals surface area contributed by atoms with Gasteiger partial charge in [-0.05, 0) is 30.5 Å². The Morgan fingerprint density at radius 3 is 2.66 bits per heavy atom. The van der Waals surface area contributed by atoms with Crippen LogP contribution in [-0.2, 0) is 0 Å². The molecule has 1 saturated carbocycles. The Balaban J connectivity index is 1.49. The minimum atomic E-state index is -2.88. The van der Waals surface area contributed by atoms with Gasteiger partial charge in [0.05, 0.1) is 31.7 Å². The highest BCUT2D eigenvalue weighted by atomic mass is 19.3. The predicted octanol–water partition coefficient (Wildman–Crippen LogP) is 3.47. The smallest absolute Gasteiger partial charge is 0.387 e. The molecule has 0 N–H and O–H groups in total. The highest BCUT2D eigenvalue weighted by Crippen LogP contribution is 2.55. The van der Waals surface area contributed by atoms with E-state index in [9.17, 15) is 8.78 Å². The third-order valence-corrected chi connectivity index (χ3v) is 5.33. The maximum Gasteiger partial charge on any atom is 0.387 e. The maximum absolute atomic E-state index is 12.4. The molecule has 11 heteroatoms. The van der Waals surface area contributed by atoms with Crippen LogP contribution in [0.1, 0.15) is 29.5 Å². The van der Waals surface area contributed by atoms with Crippen LogP contribution in [0.2, 0.25) is 0 Å². The highest BCUT2D eigenvalue weighted by molar-refractivity contribution is 5.68. The van der Waals surface area contributed by atoms with Crippen LogP contribution in [0.15, 0.2) is 43.0 Å². The quantitative estimate of drug-likeness (QED) is 0.431. The molecule has 4 heterocycles. The van der Waals surface area contributed by atoms with Crippen molar-refractivity contribution in [3.63, 3.8) is 0 Å². The van der Waals surface area contributed by atoms with Crippen LogP contribution in [0.3, 0.4) is 0 Å². The molecule has 5 rings (SSSR count). The van der Waals surface area contributed by atoms with Gasteiger partial charge in [-0.25, -0.2) is 14.5 Å². The Morgan fingerprint density at radius 2 is 1.94 bits per heavy atom. The summed E-state index contributed by atoms with van der Waals surface area (Å²) in [6.07, 6.45) is 7.23. The van der Waals surface area contributed by atoms with Crippen molar-refractivity contribution in [2.24, 2.45) is 0 Å². The average Bonchev–Trinajstić information content (AvgIpc) is 3.46. The van der Waals surface area contributed by atoms with Gasteiger partial charge in [0.15, 0.2) is 5.65 Å². The van der Waals surface area contributed by atoms with Gasteiger partial charge < -0.3 is 14.2 Å². The van der Waals surface area contributed by atoms with E-state index >= 15 is 0 Å². The van der Waals surface area contributed by atoms with E-state index < -0.39 is 6.61 Å². The summed E-state index contributed by atoms with van der Waals surface area (Å²) in [7, 11) is 3.00. The van der Waals surface area contributed by atoms with E-state index in [0.29, 0.717) is 17.1 Å². The third kappa shape index (κ3) is 3.66. The first-order valence-electron chi connectivity index (χ1n) is 9.77. The number of rotatable bonds is 7. The molecule has 4 aromatic heterocycles. The van der Waals surface area contributed by atoms with Gasteiger partial charge in [0.1, 0.15) is 5.75 Å². The fourth-order valence-electron chi connectivity index (χ4n) is 3.78. The molecule has 164 valence electrons. The molecule has 0 aromatic carbocycles. The zero-order valence-electron chi connectivity index (χ0n) is 17.1. The molecular formula is C21H18F2N6O3. The van der Waals surface area contributed by atoms with Gasteiger partial charge >= 0.3 is 12.6 Å². The van der Waals surface area contributed by atoms with Gasteiger partial charge in [-0.15, -0.1) is 0 Å². The molecule has 0 bridgehead atoms. The van der Waals surface area contributed by atoms with Crippen molar-refractivity contribution in [2.75, 3.05) is 14.2 Å². The third-order valence-electron chi connectivity index (χ3n) is 5.33. The van der Waals surface area contributed by atoms with Gasteiger partial charge in [0.2, 0.25) is 5.88 Å². The molecule has 2 atom stereocenters. The van der Waals surface area contributed by atoms with E-state index in [1.165, 1.54) is 26.5 Å². The van der Waals surface area contributed by atoms with Crippen molar-refractivity contribution in [3.8, 4) is 28.9 Å². The van der Waals surface area contributed by atoms with Gasteiger partial charge in [0, 0.05) is 35.8 Å². The van der Waals surface area contributed by atoms with Gasteiger partial charge in [-0.1, -0.05) is 0 Å². The van der Waals surface area contributed by atoms with Crippen molar-refractivity contribution >= 4 is 5.65 Å². The summed E-state index contributed by atoms with van der Waals surface area (Å²) < 4.78 is 41.3. The standard InChI is InChI=1S/C21H18F2N6O3/c1-30-19-15(10-26-21(27-19)31-2)17-8-14(18-24-5-6-29(18)28-17)12-7-13(12)16-4-3-11(9-25-16)32-20(22)23/h3-6,8-10,12-13,20H,7H2,1-2H3/t12-,13-/m0/s1. The lowest BCUT2D eigenvalue weighted by Gasteiger charge is -2.10. The predicted molar refractivity (Wildman–Crippen MR) is 108 cm³/mol. The minimum Gasteiger partial charge on any atom is -0.480 e. The number of hydrogen-bond donors (Lipinski definition) is 0. The normalized spacial score (nSPS) is 17.5. The summed E-state index contributed by atoms with van der Waals surface area (Å²) in [5.74, 6) is 0.675. The van der Waals surface area contributed by atoms with Crippen molar-refractivity contribution in [1.29, 1.82) is 0 Å². The molecule has 32 heavy (non-hydrogen) atoms. The average molecular weight is 440 g/mol. The van der Waals surface area contributed by atoms with Crippen LogP contribution in [0, 0.1) is 0 Å². The Labute approximate surface area is 181 Å². The molecule has 9 nitrogen and oxygen atoms in total. The zero-order valence-corrected chi connectivity index (χ0v) is 17.1. The van der Waals surface area contributed by atoms with Crippen molar-refractivity contribution in [3.05, 3.63) is 54.2 Å². The lowest BCUT2D eigenvalue weighted by Crippen LogP contribution is -2.03. The number of alkyl halides is 2. The molecule has 0 radical (unpaired) electrons. The highest BCUT2D eigenvalue weighted by Gasteiger charge is 2.42. The Kier molecular flexibility index (Phi) is 5.00. The van der Waals surface area contributed by atoms with Crippen molar-refractivity contribution < 1.29 is 23.0 Å². The lowest BCUT2D eigenvalue weighted by molar-refractivity contribution is -0.0500. The Hall–Kier alpha value is -3.89. The van der Waals surface area contributed by atoms with Crippen molar-refractivity contribution in [1.82, 2.24) is 29.5 Å². The number of pyridine rings is 1. The topological polar surface area (TPSA) is 96.6 Å². The van der Waals surface area contributed by atoms with Crippen LogP contribution >= 0.6 is 0 Å². The monoisotopic (exact) mass is 440 g/mol. The van der Waals surface area contributed by atoms with Crippen LogP contribution in [0.25, 0.3) is 16.9 Å². The van der Waals surface area contributed by atoms with Gasteiger partial charge in [-0.2, -0.15) is 18.9 Å². The van der Waals surface area contributed by atoms with Gasteiger partial charge in [0.25, 0.3) is 0 Å². The first-order valence-corrected chi connectivity index (χ1v) is 9.77. The Bertz CT molecular complexity index is 1260. The number of ether oxygens (including phenoxy) is 3. The summed E-state index contributed by atoms with van der Waals surface area (Å²) in [6, 6.07) is 5.37. The number of methoxy groups -OCH3 is 2.